The molecule has 0 saturated carbocycles. The summed E-state index contributed by atoms with van der Waals surface area (Å²) < 4.78 is 6.31. The molecule has 0 saturated heterocycles. The van der Waals surface area contributed by atoms with Gasteiger partial charge in [-0.05, 0) is 62.3 Å². The number of nitrogens with zero attached hydrogens (tertiary/aromatic N) is 1. The average molecular weight is 369 g/mol. The summed E-state index contributed by atoms with van der Waals surface area (Å²) in [5.74, 6) is 0.883. The van der Waals surface area contributed by atoms with Crippen LogP contribution in [0.15, 0.2) is 48.5 Å². The number of aryl methyl sites for hydroxylation is 1. The summed E-state index contributed by atoms with van der Waals surface area (Å²) in [5, 5.41) is 0. The smallest absolute Gasteiger partial charge is 0.125 e. The first-order chi connectivity index (χ1) is 10.6. The largest absolute Gasteiger partial charge is 0.486 e. The zero-order chi connectivity index (χ0) is 15.5. The van der Waals surface area contributed by atoms with Gasteiger partial charge in [0.15, 0.2) is 0 Å². The Morgan fingerprint density at radius 1 is 1.00 bits per heavy atom. The summed E-state index contributed by atoms with van der Waals surface area (Å²) in [6.07, 6.45) is 3.38. The average Bonchev–Trinajstić information content (AvgIpc) is 2.70. The lowest BCUT2D eigenvalue weighted by atomic mass is 10.0. The molecule has 1 aliphatic carbocycles. The maximum absolute atomic E-state index is 6.31. The number of halogens is 2. The van der Waals surface area contributed by atoms with Crippen molar-refractivity contribution in [1.82, 2.24) is 4.90 Å². The zero-order valence-corrected chi connectivity index (χ0v) is 15.8. The monoisotopic (exact) mass is 368 g/mol. The van der Waals surface area contributed by atoms with Crippen LogP contribution in [0.2, 0.25) is 0 Å². The Bertz CT molecular complexity index is 632. The third-order valence-electron chi connectivity index (χ3n) is 4.52. The predicted molar refractivity (Wildman–Crippen MR) is 106 cm³/mol. The minimum absolute atomic E-state index is 0. The van der Waals surface area contributed by atoms with Gasteiger partial charge in [-0.15, -0.1) is 24.8 Å². The maximum atomic E-state index is 6.31. The second-order valence-electron chi connectivity index (χ2n) is 6.27. The molecule has 2 atom stereocenters. The van der Waals surface area contributed by atoms with E-state index in [0.717, 1.165) is 24.3 Å². The van der Waals surface area contributed by atoms with E-state index in [4.69, 9.17) is 10.5 Å². The Kier molecular flexibility index (Phi) is 7.88. The molecule has 1 aliphatic rings. The maximum Gasteiger partial charge on any atom is 0.125 e. The van der Waals surface area contributed by atoms with Crippen molar-refractivity contribution in [3.63, 3.8) is 0 Å². The van der Waals surface area contributed by atoms with E-state index in [1.54, 1.807) is 0 Å². The third-order valence-corrected chi connectivity index (χ3v) is 4.52. The molecule has 0 aromatic heterocycles. The molecule has 2 aromatic rings. The van der Waals surface area contributed by atoms with Crippen molar-refractivity contribution in [1.29, 1.82) is 0 Å². The molecule has 2 unspecified atom stereocenters. The van der Waals surface area contributed by atoms with Crippen LogP contribution in [-0.2, 0) is 6.42 Å². The molecule has 0 aliphatic heterocycles. The zero-order valence-electron chi connectivity index (χ0n) is 14.1. The molecule has 0 bridgehead atoms. The third kappa shape index (κ3) is 4.79. The van der Waals surface area contributed by atoms with Crippen LogP contribution in [0.4, 0.5) is 5.69 Å². The van der Waals surface area contributed by atoms with Crippen molar-refractivity contribution in [2.24, 2.45) is 0 Å². The molecule has 132 valence electrons. The van der Waals surface area contributed by atoms with Crippen LogP contribution >= 0.6 is 24.8 Å². The quantitative estimate of drug-likeness (QED) is 0.640. The SMILES string of the molecule is CN(C)C1CCc2ccccc2C(Oc2ccc(N)cc2)C1.Cl.Cl. The van der Waals surface area contributed by atoms with Crippen LogP contribution in [0.25, 0.3) is 0 Å². The summed E-state index contributed by atoms with van der Waals surface area (Å²) in [7, 11) is 4.31. The fourth-order valence-electron chi connectivity index (χ4n) is 3.18. The molecule has 0 fully saturated rings. The molecular formula is C19H26Cl2N2O. The summed E-state index contributed by atoms with van der Waals surface area (Å²) in [4.78, 5) is 2.31. The highest BCUT2D eigenvalue weighted by Gasteiger charge is 2.26. The van der Waals surface area contributed by atoms with Gasteiger partial charge in [-0.3, -0.25) is 0 Å². The second-order valence-corrected chi connectivity index (χ2v) is 6.27. The van der Waals surface area contributed by atoms with Gasteiger partial charge in [0.1, 0.15) is 11.9 Å². The Morgan fingerprint density at radius 2 is 1.67 bits per heavy atom. The van der Waals surface area contributed by atoms with Crippen molar-refractivity contribution in [3.05, 3.63) is 59.7 Å². The van der Waals surface area contributed by atoms with Crippen LogP contribution in [0.1, 0.15) is 30.1 Å². The highest BCUT2D eigenvalue weighted by Crippen LogP contribution is 2.34. The molecular weight excluding hydrogens is 343 g/mol. The molecule has 5 heteroatoms. The normalized spacial score (nSPS) is 19.5. The molecule has 3 nitrogen and oxygen atoms in total. The van der Waals surface area contributed by atoms with Crippen LogP contribution in [0.3, 0.4) is 0 Å². The molecule has 3 rings (SSSR count). The van der Waals surface area contributed by atoms with E-state index in [1.165, 1.54) is 17.5 Å². The topological polar surface area (TPSA) is 38.5 Å². The van der Waals surface area contributed by atoms with E-state index in [-0.39, 0.29) is 30.9 Å². The molecule has 0 spiro atoms. The number of nitrogen functional groups attached to an aromatic ring is 1. The number of benzene rings is 2. The fourth-order valence-corrected chi connectivity index (χ4v) is 3.18. The first-order valence-corrected chi connectivity index (χ1v) is 7.90. The van der Waals surface area contributed by atoms with E-state index < -0.39 is 0 Å². The Hall–Kier alpha value is -1.42. The Balaban J connectivity index is 0.00000144. The predicted octanol–water partition coefficient (Wildman–Crippen LogP) is 4.50. The Labute approximate surface area is 157 Å². The summed E-state index contributed by atoms with van der Waals surface area (Å²) in [6.45, 7) is 0. The van der Waals surface area contributed by atoms with Gasteiger partial charge in [0.2, 0.25) is 0 Å². The molecule has 24 heavy (non-hydrogen) atoms. The molecule has 0 heterocycles. The van der Waals surface area contributed by atoms with Gasteiger partial charge >= 0.3 is 0 Å². The van der Waals surface area contributed by atoms with E-state index in [2.05, 4.69) is 43.3 Å². The summed E-state index contributed by atoms with van der Waals surface area (Å²) >= 11 is 0. The van der Waals surface area contributed by atoms with Crippen molar-refractivity contribution in [2.75, 3.05) is 19.8 Å². The molecule has 2 N–H and O–H groups in total. The van der Waals surface area contributed by atoms with Crippen LogP contribution in [-0.4, -0.2) is 25.0 Å². The van der Waals surface area contributed by atoms with E-state index in [0.29, 0.717) is 6.04 Å². The first kappa shape index (κ1) is 20.6. The van der Waals surface area contributed by atoms with Crippen molar-refractivity contribution >= 4 is 30.5 Å². The lowest BCUT2D eigenvalue weighted by Crippen LogP contribution is -2.30. The van der Waals surface area contributed by atoms with E-state index >= 15 is 0 Å². The fraction of sp³-hybridized carbons (Fsp3) is 0.368. The lowest BCUT2D eigenvalue weighted by molar-refractivity contribution is 0.147. The molecule has 0 amide bonds. The van der Waals surface area contributed by atoms with Crippen molar-refractivity contribution in [3.8, 4) is 5.75 Å². The molecule has 0 radical (unpaired) electrons. The highest BCUT2D eigenvalue weighted by molar-refractivity contribution is 5.85. The first-order valence-electron chi connectivity index (χ1n) is 7.90. The minimum Gasteiger partial charge on any atom is -0.486 e. The van der Waals surface area contributed by atoms with Gasteiger partial charge in [0.25, 0.3) is 0 Å². The van der Waals surface area contributed by atoms with Crippen LogP contribution < -0.4 is 10.5 Å². The number of anilines is 1. The summed E-state index contributed by atoms with van der Waals surface area (Å²) in [6, 6.07) is 16.9. The minimum atomic E-state index is 0. The number of rotatable bonds is 3. The van der Waals surface area contributed by atoms with Gasteiger partial charge in [-0.1, -0.05) is 24.3 Å². The standard InChI is InChI=1S/C19H24N2O.2ClH/c1-21(2)16-10-7-14-5-3-4-6-18(14)19(13-16)22-17-11-8-15(20)9-12-17;;/h3-6,8-9,11-12,16,19H,7,10,13,20H2,1-2H3;2*1H. The Morgan fingerprint density at radius 3 is 2.33 bits per heavy atom. The lowest BCUT2D eigenvalue weighted by Gasteiger charge is -2.27. The highest BCUT2D eigenvalue weighted by atomic mass is 35.5. The van der Waals surface area contributed by atoms with Crippen LogP contribution in [0.5, 0.6) is 5.75 Å². The van der Waals surface area contributed by atoms with Gasteiger partial charge in [-0.25, -0.2) is 0 Å². The number of fused-ring (bicyclic) bond motifs is 1. The second kappa shape index (κ2) is 9.16. The van der Waals surface area contributed by atoms with Crippen LogP contribution in [0, 0.1) is 0 Å². The number of nitrogens with two attached hydrogens (primary N) is 1. The van der Waals surface area contributed by atoms with Crippen molar-refractivity contribution in [2.45, 2.75) is 31.4 Å². The van der Waals surface area contributed by atoms with E-state index in [9.17, 15) is 0 Å². The summed E-state index contributed by atoms with van der Waals surface area (Å²) in [5.41, 5.74) is 9.26. The number of ether oxygens (including phenoxy) is 1. The van der Waals surface area contributed by atoms with Gasteiger partial charge in [0.05, 0.1) is 0 Å². The number of hydrogen-bond acceptors (Lipinski definition) is 3. The van der Waals surface area contributed by atoms with Gasteiger partial charge in [0, 0.05) is 18.2 Å². The van der Waals surface area contributed by atoms with Crippen molar-refractivity contribution < 1.29 is 4.74 Å². The van der Waals surface area contributed by atoms with E-state index in [1.807, 2.05) is 24.3 Å². The molecule has 2 aromatic carbocycles. The van der Waals surface area contributed by atoms with Gasteiger partial charge < -0.3 is 15.4 Å². The van der Waals surface area contributed by atoms with Gasteiger partial charge in [-0.2, -0.15) is 0 Å². The number of hydrogen-bond donors (Lipinski definition) is 1.